The number of nitrogens with two attached hydrogens (primary N) is 1. The molecule has 0 aromatic carbocycles. The summed E-state index contributed by atoms with van der Waals surface area (Å²) in [4.78, 5) is 3.27. The van der Waals surface area contributed by atoms with E-state index in [-0.39, 0.29) is 0 Å². The molecule has 86 valence electrons. The zero-order valence-corrected chi connectivity index (χ0v) is 9.49. The van der Waals surface area contributed by atoms with Crippen LogP contribution in [0.3, 0.4) is 0 Å². The van der Waals surface area contributed by atoms with Crippen LogP contribution in [-0.4, -0.2) is 26.3 Å². The Morgan fingerprint density at radius 1 is 1.44 bits per heavy atom. The third kappa shape index (κ3) is 2.16. The minimum Gasteiger partial charge on any atom is -0.368 e. The zero-order chi connectivity index (χ0) is 11.5. The molecule has 0 saturated carbocycles. The van der Waals surface area contributed by atoms with E-state index < -0.39 is 0 Å². The lowest BCUT2D eigenvalue weighted by atomic mass is 10.3. The zero-order valence-electron chi connectivity index (χ0n) is 9.49. The van der Waals surface area contributed by atoms with Gasteiger partial charge in [0.05, 0.1) is 0 Å². The highest BCUT2D eigenvalue weighted by Crippen LogP contribution is 2.06. The highest BCUT2D eigenvalue weighted by atomic mass is 15.4. The summed E-state index contributed by atoms with van der Waals surface area (Å²) in [5, 5.41) is 10.9. The maximum absolute atomic E-state index is 5.57. The van der Waals surface area contributed by atoms with Crippen molar-refractivity contribution in [2.45, 2.75) is 13.3 Å². The van der Waals surface area contributed by atoms with Crippen LogP contribution in [0.1, 0.15) is 11.4 Å². The maximum atomic E-state index is 5.57. The molecule has 2 heterocycles. The molecule has 6 heteroatoms. The summed E-state index contributed by atoms with van der Waals surface area (Å²) in [6, 6.07) is 4.15. The van der Waals surface area contributed by atoms with Gasteiger partial charge in [0.25, 0.3) is 0 Å². The lowest BCUT2D eigenvalue weighted by molar-refractivity contribution is 0.888. The first-order valence-corrected chi connectivity index (χ1v) is 5.20. The first kappa shape index (κ1) is 10.5. The molecule has 2 aromatic heterocycles. The Balaban J connectivity index is 1.86. The lowest BCUT2D eigenvalue weighted by Crippen LogP contribution is -2.10. The molecule has 6 nitrogen and oxygen atoms in total. The highest BCUT2D eigenvalue weighted by Gasteiger charge is 2.04. The van der Waals surface area contributed by atoms with Crippen molar-refractivity contribution in [1.29, 1.82) is 0 Å². The van der Waals surface area contributed by atoms with Crippen LogP contribution in [0.2, 0.25) is 0 Å². The van der Waals surface area contributed by atoms with Crippen LogP contribution in [0.15, 0.2) is 12.1 Å². The number of rotatable bonds is 4. The minimum absolute atomic E-state index is 0.415. The fourth-order valence-corrected chi connectivity index (χ4v) is 1.51. The Morgan fingerprint density at radius 3 is 2.81 bits per heavy atom. The molecule has 0 spiro atoms. The topological polar surface area (TPSA) is 84.5 Å². The highest BCUT2D eigenvalue weighted by molar-refractivity contribution is 5.33. The van der Waals surface area contributed by atoms with Crippen molar-refractivity contribution < 1.29 is 0 Å². The van der Waals surface area contributed by atoms with E-state index >= 15 is 0 Å². The number of nitrogens with one attached hydrogen (secondary N) is 2. The van der Waals surface area contributed by atoms with Gasteiger partial charge in [-0.25, -0.2) is 0 Å². The predicted molar refractivity (Wildman–Crippen MR) is 63.1 cm³/mol. The van der Waals surface area contributed by atoms with Gasteiger partial charge in [-0.15, -0.1) is 10.2 Å². The Kier molecular flexibility index (Phi) is 2.80. The molecule has 0 unspecified atom stereocenters. The van der Waals surface area contributed by atoms with Crippen LogP contribution in [0.4, 0.5) is 11.9 Å². The van der Waals surface area contributed by atoms with Crippen molar-refractivity contribution in [2.24, 2.45) is 7.05 Å². The quantitative estimate of drug-likeness (QED) is 0.707. The number of aromatic amines is 1. The summed E-state index contributed by atoms with van der Waals surface area (Å²) in [5.74, 6) is 1.11. The summed E-state index contributed by atoms with van der Waals surface area (Å²) in [7, 11) is 1.83. The fourth-order valence-electron chi connectivity index (χ4n) is 1.51. The van der Waals surface area contributed by atoms with Crippen LogP contribution in [-0.2, 0) is 13.5 Å². The molecule has 16 heavy (non-hydrogen) atoms. The summed E-state index contributed by atoms with van der Waals surface area (Å²) >= 11 is 0. The first-order valence-electron chi connectivity index (χ1n) is 5.20. The summed E-state index contributed by atoms with van der Waals surface area (Å²) in [5.41, 5.74) is 7.96. The van der Waals surface area contributed by atoms with Crippen LogP contribution in [0, 0.1) is 6.92 Å². The van der Waals surface area contributed by atoms with E-state index in [0.29, 0.717) is 11.9 Å². The van der Waals surface area contributed by atoms with E-state index in [1.165, 1.54) is 11.4 Å². The molecule has 2 rings (SSSR count). The number of nitrogens with zero attached hydrogens (tertiary/aromatic N) is 3. The standard InChI is InChI=1S/C10H16N6/c1-7-3-4-8(13-7)5-6-12-10-15-14-9(11)16(10)2/h3-4,13H,5-6H2,1-2H3,(H2,11,14)(H,12,15). The van der Waals surface area contributed by atoms with Crippen molar-refractivity contribution in [2.75, 3.05) is 17.6 Å². The number of nitrogen functional groups attached to an aromatic ring is 1. The van der Waals surface area contributed by atoms with E-state index in [0.717, 1.165) is 13.0 Å². The van der Waals surface area contributed by atoms with Crippen molar-refractivity contribution in [3.63, 3.8) is 0 Å². The maximum Gasteiger partial charge on any atom is 0.225 e. The van der Waals surface area contributed by atoms with E-state index in [1.54, 1.807) is 4.57 Å². The molecule has 0 aliphatic rings. The molecule has 2 aromatic rings. The Hall–Kier alpha value is -1.98. The molecule has 0 bridgehead atoms. The number of aromatic nitrogens is 4. The number of H-pyrrole nitrogens is 1. The van der Waals surface area contributed by atoms with Crippen molar-refractivity contribution in [3.8, 4) is 0 Å². The molecule has 0 radical (unpaired) electrons. The molecule has 0 aliphatic heterocycles. The molecule has 0 saturated heterocycles. The SMILES string of the molecule is Cc1ccc(CCNc2nnc(N)n2C)[nH]1. The van der Waals surface area contributed by atoms with Crippen molar-refractivity contribution in [3.05, 3.63) is 23.5 Å². The Bertz CT molecular complexity index is 469. The molecular weight excluding hydrogens is 204 g/mol. The molecule has 0 fully saturated rings. The summed E-state index contributed by atoms with van der Waals surface area (Å²) < 4.78 is 1.72. The van der Waals surface area contributed by atoms with Crippen LogP contribution in [0.25, 0.3) is 0 Å². The fraction of sp³-hybridized carbons (Fsp3) is 0.400. The minimum atomic E-state index is 0.415. The monoisotopic (exact) mass is 220 g/mol. The first-order chi connectivity index (χ1) is 7.66. The van der Waals surface area contributed by atoms with E-state index in [1.807, 2.05) is 14.0 Å². The molecular formula is C10H16N6. The molecule has 0 atom stereocenters. The lowest BCUT2D eigenvalue weighted by Gasteiger charge is -2.04. The predicted octanol–water partition coefficient (Wildman–Crippen LogP) is 0.688. The Morgan fingerprint density at radius 2 is 2.25 bits per heavy atom. The normalized spacial score (nSPS) is 10.6. The van der Waals surface area contributed by atoms with Crippen molar-refractivity contribution >= 4 is 11.9 Å². The van der Waals surface area contributed by atoms with Gasteiger partial charge in [-0.2, -0.15) is 0 Å². The van der Waals surface area contributed by atoms with Gasteiger partial charge in [0.2, 0.25) is 11.9 Å². The van der Waals surface area contributed by atoms with Gasteiger partial charge < -0.3 is 16.0 Å². The molecule has 0 amide bonds. The van der Waals surface area contributed by atoms with Gasteiger partial charge in [-0.05, 0) is 19.1 Å². The number of hydrogen-bond acceptors (Lipinski definition) is 4. The van der Waals surface area contributed by atoms with Crippen LogP contribution >= 0.6 is 0 Å². The Labute approximate surface area is 93.9 Å². The van der Waals surface area contributed by atoms with Gasteiger partial charge in [0.15, 0.2) is 0 Å². The van der Waals surface area contributed by atoms with Gasteiger partial charge in [0, 0.05) is 31.4 Å². The second kappa shape index (κ2) is 4.26. The van der Waals surface area contributed by atoms with Crippen molar-refractivity contribution in [1.82, 2.24) is 19.7 Å². The third-order valence-corrected chi connectivity index (χ3v) is 2.48. The van der Waals surface area contributed by atoms with Crippen LogP contribution < -0.4 is 11.1 Å². The van der Waals surface area contributed by atoms with Gasteiger partial charge in [-0.1, -0.05) is 0 Å². The molecule has 0 aliphatic carbocycles. The van der Waals surface area contributed by atoms with Gasteiger partial charge in [0.1, 0.15) is 0 Å². The number of hydrogen-bond donors (Lipinski definition) is 3. The number of anilines is 2. The van der Waals surface area contributed by atoms with E-state index in [9.17, 15) is 0 Å². The average molecular weight is 220 g/mol. The second-order valence-corrected chi connectivity index (χ2v) is 3.78. The van der Waals surface area contributed by atoms with Gasteiger partial charge >= 0.3 is 0 Å². The molecule has 4 N–H and O–H groups in total. The van der Waals surface area contributed by atoms with E-state index in [2.05, 4.69) is 32.6 Å². The third-order valence-electron chi connectivity index (χ3n) is 2.48. The van der Waals surface area contributed by atoms with Gasteiger partial charge in [-0.3, -0.25) is 4.57 Å². The second-order valence-electron chi connectivity index (χ2n) is 3.78. The summed E-state index contributed by atoms with van der Waals surface area (Å²) in [6.45, 7) is 2.84. The number of aryl methyl sites for hydroxylation is 1. The average Bonchev–Trinajstić information content (AvgIpc) is 2.79. The van der Waals surface area contributed by atoms with E-state index in [4.69, 9.17) is 5.73 Å². The summed E-state index contributed by atoms with van der Waals surface area (Å²) in [6.07, 6.45) is 0.917. The smallest absolute Gasteiger partial charge is 0.225 e. The largest absolute Gasteiger partial charge is 0.368 e. The van der Waals surface area contributed by atoms with Crippen LogP contribution in [0.5, 0.6) is 0 Å².